The van der Waals surface area contributed by atoms with Crippen LogP contribution in [-0.4, -0.2) is 17.7 Å². The summed E-state index contributed by atoms with van der Waals surface area (Å²) >= 11 is 0. The maximum atomic E-state index is 10.3. The average molecular weight is 236 g/mol. The predicted molar refractivity (Wildman–Crippen MR) is 67.5 cm³/mol. The number of rotatable bonds is 7. The van der Waals surface area contributed by atoms with E-state index in [1.165, 1.54) is 11.1 Å². The van der Waals surface area contributed by atoms with Crippen molar-refractivity contribution < 1.29 is 14.6 Å². The van der Waals surface area contributed by atoms with Crippen molar-refractivity contribution in [2.24, 2.45) is 0 Å². The second-order valence-corrected chi connectivity index (χ2v) is 4.30. The molecule has 0 radical (unpaired) electrons. The van der Waals surface area contributed by atoms with Crippen LogP contribution in [0.2, 0.25) is 0 Å². The molecule has 0 atom stereocenters. The predicted octanol–water partition coefficient (Wildman–Crippen LogP) is 3.33. The second-order valence-electron chi connectivity index (χ2n) is 4.30. The van der Waals surface area contributed by atoms with Crippen LogP contribution in [0.15, 0.2) is 18.2 Å². The number of carboxylic acid groups (broad SMARTS) is 1. The minimum absolute atomic E-state index is 0.254. The SMILES string of the molecule is Cc1ccc(OCCCCCC(=O)O)cc1C. The molecule has 0 unspecified atom stereocenters. The van der Waals surface area contributed by atoms with Gasteiger partial charge in [-0.05, 0) is 56.4 Å². The van der Waals surface area contributed by atoms with Crippen LogP contribution in [0.4, 0.5) is 0 Å². The van der Waals surface area contributed by atoms with E-state index in [-0.39, 0.29) is 6.42 Å². The quantitative estimate of drug-likeness (QED) is 0.739. The molecule has 0 heterocycles. The summed E-state index contributed by atoms with van der Waals surface area (Å²) in [5.74, 6) is 0.173. The number of ether oxygens (including phenoxy) is 1. The third-order valence-corrected chi connectivity index (χ3v) is 2.78. The highest BCUT2D eigenvalue weighted by atomic mass is 16.5. The van der Waals surface area contributed by atoms with Crippen molar-refractivity contribution >= 4 is 5.97 Å². The molecule has 0 aliphatic heterocycles. The molecule has 1 aromatic carbocycles. The molecule has 0 saturated heterocycles. The zero-order chi connectivity index (χ0) is 12.7. The van der Waals surface area contributed by atoms with E-state index in [4.69, 9.17) is 9.84 Å². The first-order valence-corrected chi connectivity index (χ1v) is 6.01. The molecule has 0 aromatic heterocycles. The lowest BCUT2D eigenvalue weighted by atomic mass is 10.1. The number of benzene rings is 1. The van der Waals surface area contributed by atoms with Crippen molar-refractivity contribution in [2.45, 2.75) is 39.5 Å². The number of aryl methyl sites for hydroxylation is 2. The van der Waals surface area contributed by atoms with Gasteiger partial charge in [0.25, 0.3) is 0 Å². The lowest BCUT2D eigenvalue weighted by Gasteiger charge is -2.07. The molecule has 0 bridgehead atoms. The molecule has 0 amide bonds. The van der Waals surface area contributed by atoms with Crippen molar-refractivity contribution in [3.63, 3.8) is 0 Å². The number of aliphatic carboxylic acids is 1. The summed E-state index contributed by atoms with van der Waals surface area (Å²) in [5, 5.41) is 8.47. The van der Waals surface area contributed by atoms with Crippen molar-refractivity contribution in [3.05, 3.63) is 29.3 Å². The van der Waals surface area contributed by atoms with Crippen LogP contribution in [-0.2, 0) is 4.79 Å². The first-order valence-electron chi connectivity index (χ1n) is 6.01. The Morgan fingerprint density at radius 2 is 1.94 bits per heavy atom. The zero-order valence-electron chi connectivity index (χ0n) is 10.5. The van der Waals surface area contributed by atoms with Gasteiger partial charge in [-0.25, -0.2) is 0 Å². The van der Waals surface area contributed by atoms with Gasteiger partial charge in [-0.15, -0.1) is 0 Å². The standard InChI is InChI=1S/C14H20O3/c1-11-7-8-13(10-12(11)2)17-9-5-3-4-6-14(15)16/h7-8,10H,3-6,9H2,1-2H3,(H,15,16). The Morgan fingerprint density at radius 1 is 1.18 bits per heavy atom. The Kier molecular flexibility index (Phi) is 5.53. The minimum Gasteiger partial charge on any atom is -0.494 e. The molecule has 0 aliphatic rings. The van der Waals surface area contributed by atoms with Gasteiger partial charge in [0.2, 0.25) is 0 Å². The third-order valence-electron chi connectivity index (χ3n) is 2.78. The molecule has 1 N–H and O–H groups in total. The summed E-state index contributed by atoms with van der Waals surface area (Å²) in [6.07, 6.45) is 2.78. The van der Waals surface area contributed by atoms with E-state index in [0.717, 1.165) is 25.0 Å². The van der Waals surface area contributed by atoms with Gasteiger partial charge in [0.05, 0.1) is 6.61 Å². The summed E-state index contributed by atoms with van der Waals surface area (Å²) in [6, 6.07) is 6.06. The first-order chi connectivity index (χ1) is 8.09. The van der Waals surface area contributed by atoms with Crippen LogP contribution in [0.1, 0.15) is 36.8 Å². The van der Waals surface area contributed by atoms with E-state index in [2.05, 4.69) is 19.9 Å². The number of unbranched alkanes of at least 4 members (excludes halogenated alkanes) is 2. The monoisotopic (exact) mass is 236 g/mol. The van der Waals surface area contributed by atoms with E-state index in [0.29, 0.717) is 6.61 Å². The molecule has 0 spiro atoms. The van der Waals surface area contributed by atoms with Gasteiger partial charge in [0.15, 0.2) is 0 Å². The number of carbonyl (C=O) groups is 1. The van der Waals surface area contributed by atoms with Gasteiger partial charge in [0, 0.05) is 6.42 Å². The van der Waals surface area contributed by atoms with Crippen molar-refractivity contribution in [1.29, 1.82) is 0 Å². The van der Waals surface area contributed by atoms with Crippen molar-refractivity contribution in [2.75, 3.05) is 6.61 Å². The van der Waals surface area contributed by atoms with Crippen LogP contribution in [0.25, 0.3) is 0 Å². The molecule has 94 valence electrons. The summed E-state index contributed by atoms with van der Waals surface area (Å²) in [6.45, 7) is 4.79. The maximum absolute atomic E-state index is 10.3. The van der Waals surface area contributed by atoms with E-state index in [1.807, 2.05) is 12.1 Å². The van der Waals surface area contributed by atoms with Gasteiger partial charge in [-0.1, -0.05) is 6.07 Å². The Balaban J connectivity index is 2.18. The van der Waals surface area contributed by atoms with Gasteiger partial charge >= 0.3 is 5.97 Å². The fourth-order valence-electron chi connectivity index (χ4n) is 1.55. The Bertz CT molecular complexity index is 372. The Labute approximate surface area is 102 Å². The molecular formula is C14H20O3. The van der Waals surface area contributed by atoms with Gasteiger partial charge in [-0.3, -0.25) is 4.79 Å². The fraction of sp³-hybridized carbons (Fsp3) is 0.500. The highest BCUT2D eigenvalue weighted by Crippen LogP contribution is 2.16. The number of hydrogen-bond acceptors (Lipinski definition) is 2. The molecule has 1 rings (SSSR count). The summed E-state index contributed by atoms with van der Waals surface area (Å²) in [4.78, 5) is 10.3. The lowest BCUT2D eigenvalue weighted by molar-refractivity contribution is -0.137. The molecule has 3 nitrogen and oxygen atoms in total. The summed E-state index contributed by atoms with van der Waals surface area (Å²) < 4.78 is 5.60. The first kappa shape index (κ1) is 13.6. The maximum Gasteiger partial charge on any atom is 0.303 e. The molecule has 17 heavy (non-hydrogen) atoms. The zero-order valence-corrected chi connectivity index (χ0v) is 10.5. The van der Waals surface area contributed by atoms with Crippen LogP contribution >= 0.6 is 0 Å². The topological polar surface area (TPSA) is 46.5 Å². The summed E-state index contributed by atoms with van der Waals surface area (Å²) in [7, 11) is 0. The number of hydrogen-bond donors (Lipinski definition) is 1. The number of carboxylic acids is 1. The third kappa shape index (κ3) is 5.38. The molecule has 0 aliphatic carbocycles. The molecule has 1 aromatic rings. The highest BCUT2D eigenvalue weighted by molar-refractivity contribution is 5.66. The summed E-state index contributed by atoms with van der Waals surface area (Å²) in [5.41, 5.74) is 2.49. The normalized spacial score (nSPS) is 10.2. The van der Waals surface area contributed by atoms with Crippen LogP contribution in [0, 0.1) is 13.8 Å². The van der Waals surface area contributed by atoms with E-state index < -0.39 is 5.97 Å². The lowest BCUT2D eigenvalue weighted by Crippen LogP contribution is -1.99. The van der Waals surface area contributed by atoms with Gasteiger partial charge in [-0.2, -0.15) is 0 Å². The average Bonchev–Trinajstić information content (AvgIpc) is 2.27. The van der Waals surface area contributed by atoms with E-state index >= 15 is 0 Å². The van der Waals surface area contributed by atoms with E-state index in [1.54, 1.807) is 0 Å². The largest absolute Gasteiger partial charge is 0.494 e. The molecule has 3 heteroatoms. The van der Waals surface area contributed by atoms with Crippen molar-refractivity contribution in [3.8, 4) is 5.75 Å². The molecule has 0 saturated carbocycles. The second kappa shape index (κ2) is 6.94. The van der Waals surface area contributed by atoms with Crippen LogP contribution in [0.3, 0.4) is 0 Å². The molecular weight excluding hydrogens is 216 g/mol. The highest BCUT2D eigenvalue weighted by Gasteiger charge is 1.99. The minimum atomic E-state index is -0.722. The van der Waals surface area contributed by atoms with Gasteiger partial charge < -0.3 is 9.84 Å². The van der Waals surface area contributed by atoms with Crippen molar-refractivity contribution in [1.82, 2.24) is 0 Å². The Hall–Kier alpha value is -1.51. The smallest absolute Gasteiger partial charge is 0.303 e. The van der Waals surface area contributed by atoms with Gasteiger partial charge in [0.1, 0.15) is 5.75 Å². The molecule has 0 fully saturated rings. The Morgan fingerprint density at radius 3 is 2.59 bits per heavy atom. The van der Waals surface area contributed by atoms with Crippen LogP contribution in [0.5, 0.6) is 5.75 Å². The van der Waals surface area contributed by atoms with Crippen LogP contribution < -0.4 is 4.74 Å². The van der Waals surface area contributed by atoms with E-state index in [9.17, 15) is 4.79 Å². The fourth-order valence-corrected chi connectivity index (χ4v) is 1.55.